The summed E-state index contributed by atoms with van der Waals surface area (Å²) in [5.41, 5.74) is 12.6. The van der Waals surface area contributed by atoms with Crippen LogP contribution >= 0.6 is 0 Å². The Morgan fingerprint density at radius 2 is 1.96 bits per heavy atom. The minimum absolute atomic E-state index is 0.0108. The normalized spacial score (nSPS) is 12.1. The zero-order valence-electron chi connectivity index (χ0n) is 15.2. The molecule has 1 unspecified atom stereocenters. The fraction of sp³-hybridized carbons (Fsp3) is 0.235. The maximum Gasteiger partial charge on any atom is 0.322 e. The summed E-state index contributed by atoms with van der Waals surface area (Å²) in [6.07, 6.45) is 1.51. The van der Waals surface area contributed by atoms with Crippen LogP contribution in [0, 0.1) is 0 Å². The number of amides is 1. The molecule has 1 aromatic carbocycles. The standard InChI is InChI=1S/C17H19N7O3S/c1-9(2)28(26)11-5-3-10(4-6-11)12-8-20-15(19)14(21-12)16-23-24-17(27-16)22-13(25)7-18/h3-6,8-9H,7,18H2,1-2H3,(H2,19,20)(H,22,24,25). The van der Waals surface area contributed by atoms with Crippen LogP contribution in [0.2, 0.25) is 0 Å². The summed E-state index contributed by atoms with van der Waals surface area (Å²) in [6, 6.07) is 7.07. The second-order valence-electron chi connectivity index (χ2n) is 6.02. The molecule has 0 aliphatic heterocycles. The molecule has 3 rings (SSSR count). The third-order valence-electron chi connectivity index (χ3n) is 3.67. The Hall–Kier alpha value is -3.18. The Balaban J connectivity index is 1.90. The Bertz CT molecular complexity index is 1020. The van der Waals surface area contributed by atoms with Gasteiger partial charge in [-0.2, -0.15) is 0 Å². The SMILES string of the molecule is CC(C)S(=O)c1ccc(-c2cnc(N)c(-c3nnc(NC(=O)CN)o3)n2)cc1. The van der Waals surface area contributed by atoms with Crippen LogP contribution in [0.4, 0.5) is 11.8 Å². The van der Waals surface area contributed by atoms with Gasteiger partial charge in [0.25, 0.3) is 5.89 Å². The highest BCUT2D eigenvalue weighted by molar-refractivity contribution is 7.85. The third-order valence-corrected chi connectivity index (χ3v) is 5.26. The van der Waals surface area contributed by atoms with Crippen molar-refractivity contribution in [1.29, 1.82) is 0 Å². The van der Waals surface area contributed by atoms with E-state index < -0.39 is 16.7 Å². The van der Waals surface area contributed by atoms with Gasteiger partial charge in [0.15, 0.2) is 11.5 Å². The lowest BCUT2D eigenvalue weighted by molar-refractivity contribution is -0.115. The summed E-state index contributed by atoms with van der Waals surface area (Å²) in [5.74, 6) is -0.361. The molecule has 0 fully saturated rings. The summed E-state index contributed by atoms with van der Waals surface area (Å²) in [5, 5.41) is 9.92. The Kier molecular flexibility index (Phi) is 5.76. The number of nitrogens with two attached hydrogens (primary N) is 2. The molecule has 0 saturated heterocycles. The van der Waals surface area contributed by atoms with Gasteiger partial charge >= 0.3 is 6.01 Å². The van der Waals surface area contributed by atoms with Crippen molar-refractivity contribution in [2.75, 3.05) is 17.6 Å². The number of aromatic nitrogens is 4. The van der Waals surface area contributed by atoms with Crippen LogP contribution in [-0.4, -0.2) is 42.1 Å². The van der Waals surface area contributed by atoms with Crippen molar-refractivity contribution in [2.24, 2.45) is 5.73 Å². The predicted molar refractivity (Wildman–Crippen MR) is 104 cm³/mol. The van der Waals surface area contributed by atoms with E-state index in [9.17, 15) is 9.00 Å². The molecule has 0 aliphatic rings. The number of carbonyl (C=O) groups is 1. The maximum absolute atomic E-state index is 12.2. The highest BCUT2D eigenvalue weighted by Gasteiger charge is 2.17. The molecule has 0 saturated carbocycles. The highest BCUT2D eigenvalue weighted by atomic mass is 32.2. The summed E-state index contributed by atoms with van der Waals surface area (Å²) in [4.78, 5) is 20.6. The van der Waals surface area contributed by atoms with Gasteiger partial charge in [-0.25, -0.2) is 9.97 Å². The van der Waals surface area contributed by atoms with Gasteiger partial charge in [-0.3, -0.25) is 14.3 Å². The number of anilines is 2. The van der Waals surface area contributed by atoms with Crippen LogP contribution in [0.15, 0.2) is 39.8 Å². The molecule has 0 radical (unpaired) electrons. The second kappa shape index (κ2) is 8.23. The number of nitrogens with zero attached hydrogens (tertiary/aromatic N) is 4. The van der Waals surface area contributed by atoms with E-state index in [0.29, 0.717) is 5.69 Å². The maximum atomic E-state index is 12.2. The van der Waals surface area contributed by atoms with E-state index >= 15 is 0 Å². The molecule has 0 bridgehead atoms. The molecule has 11 heteroatoms. The van der Waals surface area contributed by atoms with E-state index in [1.165, 1.54) is 6.20 Å². The smallest absolute Gasteiger partial charge is 0.322 e. The lowest BCUT2D eigenvalue weighted by Gasteiger charge is -2.07. The van der Waals surface area contributed by atoms with Crippen LogP contribution in [0.3, 0.4) is 0 Å². The summed E-state index contributed by atoms with van der Waals surface area (Å²) in [7, 11) is -1.07. The van der Waals surface area contributed by atoms with Crippen molar-refractivity contribution in [3.05, 3.63) is 30.5 Å². The first-order valence-electron chi connectivity index (χ1n) is 8.36. The monoisotopic (exact) mass is 401 g/mol. The van der Waals surface area contributed by atoms with E-state index in [1.807, 2.05) is 13.8 Å². The molecule has 10 nitrogen and oxygen atoms in total. The molecule has 28 heavy (non-hydrogen) atoms. The largest absolute Gasteiger partial charge is 0.401 e. The fourth-order valence-corrected chi connectivity index (χ4v) is 3.22. The molecule has 1 atom stereocenters. The van der Waals surface area contributed by atoms with Crippen molar-refractivity contribution >= 4 is 28.5 Å². The molecule has 2 aromatic heterocycles. The van der Waals surface area contributed by atoms with Gasteiger partial charge in [-0.1, -0.05) is 31.1 Å². The summed E-state index contributed by atoms with van der Waals surface area (Å²) in [6.45, 7) is 3.58. The number of nitrogens with one attached hydrogen (secondary N) is 1. The van der Waals surface area contributed by atoms with Crippen LogP contribution in [0.5, 0.6) is 0 Å². The van der Waals surface area contributed by atoms with E-state index in [2.05, 4.69) is 25.5 Å². The number of benzene rings is 1. The quantitative estimate of drug-likeness (QED) is 0.550. The predicted octanol–water partition coefficient (Wildman–Crippen LogP) is 1.19. The second-order valence-corrected chi connectivity index (χ2v) is 8.03. The molecule has 5 N–H and O–H groups in total. The van der Waals surface area contributed by atoms with E-state index in [4.69, 9.17) is 15.9 Å². The number of carbonyl (C=O) groups excluding carboxylic acids is 1. The molecular weight excluding hydrogens is 382 g/mol. The van der Waals surface area contributed by atoms with Crippen LogP contribution in [0.25, 0.3) is 22.8 Å². The zero-order valence-corrected chi connectivity index (χ0v) is 16.1. The van der Waals surface area contributed by atoms with Gasteiger partial charge in [0, 0.05) is 15.7 Å². The third kappa shape index (κ3) is 4.21. The highest BCUT2D eigenvalue weighted by Crippen LogP contribution is 2.26. The van der Waals surface area contributed by atoms with Gasteiger partial charge < -0.3 is 15.9 Å². The molecule has 146 valence electrons. The van der Waals surface area contributed by atoms with Crippen molar-refractivity contribution in [3.63, 3.8) is 0 Å². The van der Waals surface area contributed by atoms with Gasteiger partial charge in [-0.05, 0) is 12.1 Å². The molecule has 0 aliphatic carbocycles. The van der Waals surface area contributed by atoms with Gasteiger partial charge in [0.2, 0.25) is 5.91 Å². The molecule has 2 heterocycles. The number of hydrogen-bond acceptors (Lipinski definition) is 9. The Labute approximate surface area is 163 Å². The van der Waals surface area contributed by atoms with Crippen LogP contribution < -0.4 is 16.8 Å². The fourth-order valence-electron chi connectivity index (χ4n) is 2.27. The molecule has 1 amide bonds. The lowest BCUT2D eigenvalue weighted by atomic mass is 10.1. The lowest BCUT2D eigenvalue weighted by Crippen LogP contribution is -2.21. The van der Waals surface area contributed by atoms with E-state index in [1.54, 1.807) is 24.3 Å². The number of hydrogen-bond donors (Lipinski definition) is 3. The average Bonchev–Trinajstić information content (AvgIpc) is 3.15. The van der Waals surface area contributed by atoms with E-state index in [-0.39, 0.29) is 35.2 Å². The van der Waals surface area contributed by atoms with Gasteiger partial charge in [-0.15, -0.1) is 5.10 Å². The number of nitrogen functional groups attached to an aromatic ring is 1. The first-order valence-corrected chi connectivity index (χ1v) is 9.57. The number of rotatable bonds is 6. The van der Waals surface area contributed by atoms with Crippen molar-refractivity contribution in [1.82, 2.24) is 20.2 Å². The molecular formula is C17H19N7O3S. The minimum Gasteiger partial charge on any atom is -0.401 e. The van der Waals surface area contributed by atoms with Crippen LogP contribution in [-0.2, 0) is 15.6 Å². The van der Waals surface area contributed by atoms with Crippen molar-refractivity contribution in [2.45, 2.75) is 24.0 Å². The van der Waals surface area contributed by atoms with Gasteiger partial charge in [0.05, 0.1) is 29.2 Å². The Morgan fingerprint density at radius 1 is 1.25 bits per heavy atom. The van der Waals surface area contributed by atoms with Gasteiger partial charge in [0.1, 0.15) is 0 Å². The minimum atomic E-state index is -1.07. The molecule has 3 aromatic rings. The molecule has 0 spiro atoms. The van der Waals surface area contributed by atoms with Crippen LogP contribution in [0.1, 0.15) is 13.8 Å². The zero-order chi connectivity index (χ0) is 20.3. The first kappa shape index (κ1) is 19.6. The Morgan fingerprint density at radius 3 is 2.61 bits per heavy atom. The average molecular weight is 401 g/mol. The summed E-state index contributed by atoms with van der Waals surface area (Å²) < 4.78 is 17.5. The first-order chi connectivity index (χ1) is 13.4. The summed E-state index contributed by atoms with van der Waals surface area (Å²) >= 11 is 0. The van der Waals surface area contributed by atoms with Crippen molar-refractivity contribution < 1.29 is 13.4 Å². The topological polar surface area (TPSA) is 163 Å². The van der Waals surface area contributed by atoms with E-state index in [0.717, 1.165) is 10.5 Å². The van der Waals surface area contributed by atoms with Crippen molar-refractivity contribution in [3.8, 4) is 22.8 Å².